The Bertz CT molecular complexity index is 880. The molecule has 2 aromatic rings. The lowest BCUT2D eigenvalue weighted by atomic mass is 9.93. The van der Waals surface area contributed by atoms with Gasteiger partial charge in [-0.3, -0.25) is 9.59 Å². The van der Waals surface area contributed by atoms with Gasteiger partial charge in [0.05, 0.1) is 18.1 Å². The molecule has 2 aliphatic rings. The molecular weight excluding hydrogens is 372 g/mol. The lowest BCUT2D eigenvalue weighted by Crippen LogP contribution is -2.48. The van der Waals surface area contributed by atoms with Crippen molar-refractivity contribution in [3.63, 3.8) is 0 Å². The van der Waals surface area contributed by atoms with Gasteiger partial charge in [-0.25, -0.2) is 0 Å². The van der Waals surface area contributed by atoms with Gasteiger partial charge < -0.3 is 24.8 Å². The van der Waals surface area contributed by atoms with E-state index in [1.807, 2.05) is 30.3 Å². The van der Waals surface area contributed by atoms with Gasteiger partial charge in [0.15, 0.2) is 5.76 Å². The summed E-state index contributed by atoms with van der Waals surface area (Å²) in [7, 11) is 0. The monoisotopic (exact) mass is 398 g/mol. The molecule has 2 fully saturated rings. The van der Waals surface area contributed by atoms with E-state index >= 15 is 0 Å². The lowest BCUT2D eigenvalue weighted by molar-refractivity contribution is -0.129. The Kier molecular flexibility index (Phi) is 5.43. The Balaban J connectivity index is 1.34. The Labute approximate surface area is 169 Å². The highest BCUT2D eigenvalue weighted by Crippen LogP contribution is 2.58. The Morgan fingerprint density at radius 3 is 2.66 bits per heavy atom. The third kappa shape index (κ3) is 3.93. The van der Waals surface area contributed by atoms with E-state index in [0.717, 1.165) is 12.0 Å². The molecule has 1 aromatic carbocycles. The molecule has 1 aliphatic heterocycles. The zero-order chi connectivity index (χ0) is 20.4. The number of nitrogens with zero attached hydrogens (tertiary/aromatic N) is 1. The van der Waals surface area contributed by atoms with Crippen LogP contribution < -0.4 is 5.32 Å². The molecule has 2 heterocycles. The summed E-state index contributed by atoms with van der Waals surface area (Å²) in [4.78, 5) is 27.3. The Hall–Kier alpha value is -2.64. The second kappa shape index (κ2) is 8.00. The summed E-state index contributed by atoms with van der Waals surface area (Å²) in [5.41, 5.74) is 0.637. The third-order valence-corrected chi connectivity index (χ3v) is 6.15. The highest BCUT2D eigenvalue weighted by Gasteiger charge is 2.62. The number of piperidine rings is 1. The minimum absolute atomic E-state index is 0.0230. The lowest BCUT2D eigenvalue weighted by Gasteiger charge is -2.31. The molecule has 3 N–H and O–H groups in total. The van der Waals surface area contributed by atoms with Gasteiger partial charge in [0, 0.05) is 13.1 Å². The number of likely N-dealkylation sites (tertiary alicyclic amines) is 1. The number of furan rings is 1. The van der Waals surface area contributed by atoms with Gasteiger partial charge >= 0.3 is 0 Å². The first-order valence-electron chi connectivity index (χ1n) is 10.0. The maximum atomic E-state index is 12.9. The number of fused-ring (bicyclic) bond motifs is 1. The fraction of sp³-hybridized carbons (Fsp3) is 0.455. The molecule has 4 rings (SSSR count). The van der Waals surface area contributed by atoms with Crippen molar-refractivity contribution in [2.45, 2.75) is 31.9 Å². The van der Waals surface area contributed by atoms with Crippen LogP contribution in [0.1, 0.15) is 34.7 Å². The van der Waals surface area contributed by atoms with Crippen LogP contribution in [0.5, 0.6) is 0 Å². The smallest absolute Gasteiger partial charge is 0.289 e. The largest absolute Gasteiger partial charge is 0.453 e. The van der Waals surface area contributed by atoms with Crippen LogP contribution in [0.25, 0.3) is 0 Å². The van der Waals surface area contributed by atoms with E-state index in [1.54, 1.807) is 17.0 Å². The van der Waals surface area contributed by atoms with Crippen LogP contribution in [0.4, 0.5) is 0 Å². The van der Waals surface area contributed by atoms with Gasteiger partial charge in [0.25, 0.3) is 5.91 Å². The first-order chi connectivity index (χ1) is 14.1. The normalized spacial score (nSPS) is 23.9. The molecule has 2 amide bonds. The summed E-state index contributed by atoms with van der Waals surface area (Å²) in [6.45, 7) is 0.649. The van der Waals surface area contributed by atoms with Gasteiger partial charge in [-0.15, -0.1) is 0 Å². The molecule has 7 nitrogen and oxygen atoms in total. The Morgan fingerprint density at radius 2 is 2.00 bits per heavy atom. The molecule has 1 aliphatic carbocycles. The molecule has 1 saturated carbocycles. The molecule has 0 spiro atoms. The summed E-state index contributed by atoms with van der Waals surface area (Å²) in [5.74, 6) is 0.477. The fourth-order valence-corrected chi connectivity index (χ4v) is 4.32. The molecule has 3 unspecified atom stereocenters. The van der Waals surface area contributed by atoms with Crippen molar-refractivity contribution in [2.75, 3.05) is 19.7 Å². The number of carbonyl (C=O) groups excluding carboxylic acids is 2. The Morgan fingerprint density at radius 1 is 1.21 bits per heavy atom. The summed E-state index contributed by atoms with van der Waals surface area (Å²) < 4.78 is 5.34. The molecule has 3 atom stereocenters. The van der Waals surface area contributed by atoms with E-state index in [1.165, 1.54) is 0 Å². The number of benzene rings is 1. The van der Waals surface area contributed by atoms with Crippen molar-refractivity contribution in [2.24, 2.45) is 11.3 Å². The quantitative estimate of drug-likeness (QED) is 0.653. The van der Waals surface area contributed by atoms with Crippen molar-refractivity contribution < 1.29 is 24.2 Å². The highest BCUT2D eigenvalue weighted by molar-refractivity contribution is 5.92. The summed E-state index contributed by atoms with van der Waals surface area (Å²) in [6, 6.07) is 12.6. The average Bonchev–Trinajstić information content (AvgIpc) is 3.31. The van der Waals surface area contributed by atoms with Gasteiger partial charge in [0.1, 0.15) is 12.4 Å². The van der Waals surface area contributed by atoms with Gasteiger partial charge in [-0.05, 0) is 42.9 Å². The van der Waals surface area contributed by atoms with Crippen molar-refractivity contribution >= 4 is 11.8 Å². The first-order valence-corrected chi connectivity index (χ1v) is 10.0. The standard InChI is InChI=1S/C22H26N2O5/c25-13-17(10-15-4-2-1-3-5-15)23-21(28)22-8-9-24(12-16(22)11-22)20(27)19-7-6-18(14-26)29-19/h1-7,16-17,25-26H,8-14H2,(H,23,28). The second-order valence-electron chi connectivity index (χ2n) is 8.03. The van der Waals surface area contributed by atoms with E-state index in [0.29, 0.717) is 31.7 Å². The molecule has 1 aromatic heterocycles. The topological polar surface area (TPSA) is 103 Å². The van der Waals surface area contributed by atoms with E-state index < -0.39 is 5.41 Å². The number of amides is 2. The number of hydrogen-bond donors (Lipinski definition) is 3. The number of hydrogen-bond acceptors (Lipinski definition) is 5. The van der Waals surface area contributed by atoms with Crippen LogP contribution in [-0.2, 0) is 17.8 Å². The van der Waals surface area contributed by atoms with Crippen molar-refractivity contribution in [3.8, 4) is 0 Å². The van der Waals surface area contributed by atoms with E-state index in [-0.39, 0.29) is 42.7 Å². The SMILES string of the molecule is O=C(c1ccc(CO)o1)N1CCC2(C(=O)NC(CO)Cc3ccccc3)CC2C1. The zero-order valence-electron chi connectivity index (χ0n) is 16.2. The van der Waals surface area contributed by atoms with Crippen molar-refractivity contribution in [3.05, 3.63) is 59.5 Å². The van der Waals surface area contributed by atoms with E-state index in [4.69, 9.17) is 9.52 Å². The molecule has 1 saturated heterocycles. The minimum atomic E-state index is -0.430. The summed E-state index contributed by atoms with van der Waals surface area (Å²) in [6.07, 6.45) is 1.94. The average molecular weight is 398 g/mol. The van der Waals surface area contributed by atoms with Gasteiger partial charge in [-0.1, -0.05) is 30.3 Å². The maximum absolute atomic E-state index is 12.9. The summed E-state index contributed by atoms with van der Waals surface area (Å²) >= 11 is 0. The predicted molar refractivity (Wildman–Crippen MR) is 105 cm³/mol. The van der Waals surface area contributed by atoms with Gasteiger partial charge in [-0.2, -0.15) is 0 Å². The van der Waals surface area contributed by atoms with Crippen LogP contribution in [0.3, 0.4) is 0 Å². The molecule has 154 valence electrons. The minimum Gasteiger partial charge on any atom is -0.453 e. The van der Waals surface area contributed by atoms with Crippen LogP contribution in [0.2, 0.25) is 0 Å². The van der Waals surface area contributed by atoms with E-state index in [2.05, 4.69) is 5.32 Å². The summed E-state index contributed by atoms with van der Waals surface area (Å²) in [5, 5.41) is 21.8. The van der Waals surface area contributed by atoms with Crippen LogP contribution in [-0.4, -0.2) is 52.7 Å². The molecular formula is C22H26N2O5. The van der Waals surface area contributed by atoms with Crippen LogP contribution >= 0.6 is 0 Å². The maximum Gasteiger partial charge on any atom is 0.289 e. The second-order valence-corrected chi connectivity index (χ2v) is 8.03. The number of carbonyl (C=O) groups is 2. The first kappa shape index (κ1) is 19.7. The van der Waals surface area contributed by atoms with E-state index in [9.17, 15) is 14.7 Å². The number of aliphatic hydroxyl groups excluding tert-OH is 2. The molecule has 0 radical (unpaired) electrons. The third-order valence-electron chi connectivity index (χ3n) is 6.15. The highest BCUT2D eigenvalue weighted by atomic mass is 16.4. The molecule has 7 heteroatoms. The van der Waals surface area contributed by atoms with Crippen LogP contribution in [0.15, 0.2) is 46.9 Å². The van der Waals surface area contributed by atoms with Crippen molar-refractivity contribution in [1.29, 1.82) is 0 Å². The molecule has 29 heavy (non-hydrogen) atoms. The van der Waals surface area contributed by atoms with Gasteiger partial charge in [0.2, 0.25) is 5.91 Å². The predicted octanol–water partition coefficient (Wildman–Crippen LogP) is 1.34. The number of rotatable bonds is 7. The zero-order valence-corrected chi connectivity index (χ0v) is 16.2. The fourth-order valence-electron chi connectivity index (χ4n) is 4.32. The number of nitrogens with one attached hydrogen (secondary N) is 1. The number of aliphatic hydroxyl groups is 2. The van der Waals surface area contributed by atoms with Crippen LogP contribution in [0, 0.1) is 11.3 Å². The van der Waals surface area contributed by atoms with Crippen molar-refractivity contribution in [1.82, 2.24) is 10.2 Å². The molecule has 0 bridgehead atoms.